The molecule has 1 heterocycles. The fourth-order valence-corrected chi connectivity index (χ4v) is 2.99. The fraction of sp³-hybridized carbons (Fsp3) is 0.857. The van der Waals surface area contributed by atoms with E-state index in [0.717, 1.165) is 32.0 Å². The van der Waals surface area contributed by atoms with Crippen LogP contribution in [0.25, 0.3) is 0 Å². The van der Waals surface area contributed by atoms with Crippen LogP contribution in [-0.4, -0.2) is 34.5 Å². The summed E-state index contributed by atoms with van der Waals surface area (Å²) < 4.78 is 5.38. The van der Waals surface area contributed by atoms with Crippen molar-refractivity contribution in [3.05, 3.63) is 0 Å². The summed E-state index contributed by atoms with van der Waals surface area (Å²) in [6, 6.07) is -0.264. The number of amides is 1. The van der Waals surface area contributed by atoms with Crippen molar-refractivity contribution in [1.29, 1.82) is 0 Å². The molecular weight excluding hydrogens is 230 g/mol. The van der Waals surface area contributed by atoms with Gasteiger partial charge in [-0.05, 0) is 52.4 Å². The molecule has 1 saturated heterocycles. The molecule has 4 nitrogen and oxygen atoms in total. The van der Waals surface area contributed by atoms with Gasteiger partial charge in [0.2, 0.25) is 0 Å². The number of carbonyl (C=O) groups is 2. The van der Waals surface area contributed by atoms with Gasteiger partial charge in [0.1, 0.15) is 17.9 Å². The molecule has 0 unspecified atom stereocenters. The van der Waals surface area contributed by atoms with Crippen LogP contribution in [0.4, 0.5) is 4.79 Å². The molecule has 1 aliphatic carbocycles. The normalized spacial score (nSPS) is 35.4. The molecule has 2 aliphatic rings. The predicted octanol–water partition coefficient (Wildman–Crippen LogP) is 2.75. The number of carbonyl (C=O) groups excluding carboxylic acids is 2. The van der Waals surface area contributed by atoms with Gasteiger partial charge in [-0.25, -0.2) is 4.79 Å². The zero-order valence-electron chi connectivity index (χ0n) is 11.7. The van der Waals surface area contributed by atoms with Gasteiger partial charge in [-0.15, -0.1) is 0 Å². The Bertz CT molecular complexity index is 351. The maximum Gasteiger partial charge on any atom is 0.411 e. The van der Waals surface area contributed by atoms with Gasteiger partial charge in [0.25, 0.3) is 0 Å². The lowest BCUT2D eigenvalue weighted by Crippen LogP contribution is -2.32. The molecule has 2 rings (SSSR count). The van der Waals surface area contributed by atoms with Gasteiger partial charge in [0.05, 0.1) is 5.54 Å². The van der Waals surface area contributed by atoms with Crippen molar-refractivity contribution in [1.82, 2.24) is 4.90 Å². The number of hydrogen-bond donors (Lipinski definition) is 0. The Labute approximate surface area is 109 Å². The van der Waals surface area contributed by atoms with Crippen molar-refractivity contribution in [3.63, 3.8) is 0 Å². The molecule has 4 heteroatoms. The van der Waals surface area contributed by atoms with Crippen molar-refractivity contribution in [2.75, 3.05) is 0 Å². The van der Waals surface area contributed by atoms with E-state index in [9.17, 15) is 9.59 Å². The maximum absolute atomic E-state index is 12.1. The van der Waals surface area contributed by atoms with Crippen molar-refractivity contribution in [2.45, 2.75) is 70.6 Å². The van der Waals surface area contributed by atoms with Gasteiger partial charge < -0.3 is 9.53 Å². The van der Waals surface area contributed by atoms with Crippen molar-refractivity contribution >= 4 is 12.4 Å². The summed E-state index contributed by atoms with van der Waals surface area (Å²) >= 11 is 0. The summed E-state index contributed by atoms with van der Waals surface area (Å²) in [5.41, 5.74) is -0.729. The molecule has 0 aromatic rings. The van der Waals surface area contributed by atoms with E-state index in [4.69, 9.17) is 4.74 Å². The minimum atomic E-state index is -0.504. The van der Waals surface area contributed by atoms with Crippen LogP contribution in [0, 0.1) is 5.92 Å². The van der Waals surface area contributed by atoms with Crippen LogP contribution in [-0.2, 0) is 9.53 Å². The first kappa shape index (κ1) is 13.4. The predicted molar refractivity (Wildman–Crippen MR) is 68.3 cm³/mol. The molecule has 102 valence electrons. The molecule has 1 spiro atoms. The van der Waals surface area contributed by atoms with E-state index >= 15 is 0 Å². The summed E-state index contributed by atoms with van der Waals surface area (Å²) in [5.74, 6) is 0.698. The maximum atomic E-state index is 12.1. The molecule has 1 saturated carbocycles. The average molecular weight is 253 g/mol. The topological polar surface area (TPSA) is 46.4 Å². The quantitative estimate of drug-likeness (QED) is 0.533. The van der Waals surface area contributed by atoms with Crippen LogP contribution in [0.15, 0.2) is 0 Å². The summed E-state index contributed by atoms with van der Waals surface area (Å²) in [5, 5.41) is 0. The van der Waals surface area contributed by atoms with E-state index in [0.29, 0.717) is 5.92 Å². The minimum Gasteiger partial charge on any atom is -0.444 e. The highest BCUT2D eigenvalue weighted by Crippen LogP contribution is 2.52. The second-order valence-electron chi connectivity index (χ2n) is 6.72. The second-order valence-corrected chi connectivity index (χ2v) is 6.72. The number of rotatable bonds is 1. The molecule has 1 atom stereocenters. The lowest BCUT2D eigenvalue weighted by atomic mass is 9.80. The van der Waals surface area contributed by atoms with Crippen LogP contribution < -0.4 is 0 Å². The molecule has 0 N–H and O–H groups in total. The van der Waals surface area contributed by atoms with E-state index in [1.165, 1.54) is 0 Å². The third-order valence-electron chi connectivity index (χ3n) is 4.10. The largest absolute Gasteiger partial charge is 0.444 e. The van der Waals surface area contributed by atoms with Crippen LogP contribution in [0.1, 0.15) is 53.4 Å². The molecule has 0 radical (unpaired) electrons. The summed E-state index contributed by atoms with van der Waals surface area (Å²) in [4.78, 5) is 24.9. The first-order valence-electron chi connectivity index (χ1n) is 6.78. The van der Waals surface area contributed by atoms with E-state index in [-0.39, 0.29) is 17.7 Å². The van der Waals surface area contributed by atoms with Gasteiger partial charge in [-0.1, -0.05) is 6.92 Å². The first-order chi connectivity index (χ1) is 8.30. The van der Waals surface area contributed by atoms with Gasteiger partial charge in [-0.3, -0.25) is 4.90 Å². The molecule has 1 amide bonds. The molecule has 2 fully saturated rings. The van der Waals surface area contributed by atoms with Crippen LogP contribution in [0.3, 0.4) is 0 Å². The van der Waals surface area contributed by atoms with Crippen LogP contribution >= 0.6 is 0 Å². The van der Waals surface area contributed by atoms with Crippen molar-refractivity contribution < 1.29 is 14.3 Å². The Morgan fingerprint density at radius 1 is 1.33 bits per heavy atom. The number of aldehydes is 1. The lowest BCUT2D eigenvalue weighted by molar-refractivity contribution is -0.108. The number of ether oxygens (including phenoxy) is 1. The Morgan fingerprint density at radius 3 is 2.33 bits per heavy atom. The fourth-order valence-electron chi connectivity index (χ4n) is 2.99. The first-order valence-corrected chi connectivity index (χ1v) is 6.78. The van der Waals surface area contributed by atoms with Gasteiger partial charge in [0, 0.05) is 0 Å². The van der Waals surface area contributed by atoms with Crippen LogP contribution in [0.2, 0.25) is 0 Å². The monoisotopic (exact) mass is 253 g/mol. The Balaban J connectivity index is 2.05. The van der Waals surface area contributed by atoms with E-state index < -0.39 is 5.60 Å². The Hall–Kier alpha value is -1.06. The van der Waals surface area contributed by atoms with Gasteiger partial charge in [-0.2, -0.15) is 0 Å². The van der Waals surface area contributed by atoms with Gasteiger partial charge >= 0.3 is 6.09 Å². The number of nitrogens with zero attached hydrogens (tertiary/aromatic N) is 1. The highest BCUT2D eigenvalue weighted by atomic mass is 16.6. The molecular formula is C14H23NO3. The smallest absolute Gasteiger partial charge is 0.411 e. The Kier molecular flexibility index (Phi) is 3.16. The molecule has 18 heavy (non-hydrogen) atoms. The molecule has 0 bridgehead atoms. The zero-order valence-corrected chi connectivity index (χ0v) is 11.7. The molecule has 1 aliphatic heterocycles. The highest BCUT2D eigenvalue weighted by Gasteiger charge is 2.66. The van der Waals surface area contributed by atoms with E-state index in [1.807, 2.05) is 20.8 Å². The minimum absolute atomic E-state index is 0.226. The second kappa shape index (κ2) is 4.25. The summed E-state index contributed by atoms with van der Waals surface area (Å²) in [6.45, 7) is 7.77. The summed E-state index contributed by atoms with van der Waals surface area (Å²) in [6.07, 6.45) is 4.59. The highest BCUT2D eigenvalue weighted by molar-refractivity contribution is 5.83. The van der Waals surface area contributed by atoms with Crippen molar-refractivity contribution in [3.8, 4) is 0 Å². The Morgan fingerprint density at radius 2 is 1.89 bits per heavy atom. The third kappa shape index (κ3) is 2.25. The zero-order chi connectivity index (χ0) is 13.6. The SMILES string of the molecule is CC1CCC2(CC1)[C@@H](C=O)N2C(=O)OC(C)(C)C. The number of hydrogen-bond acceptors (Lipinski definition) is 3. The third-order valence-corrected chi connectivity index (χ3v) is 4.10. The molecule has 0 aromatic carbocycles. The van der Waals surface area contributed by atoms with E-state index in [1.54, 1.807) is 4.90 Å². The summed E-state index contributed by atoms with van der Waals surface area (Å²) in [7, 11) is 0. The van der Waals surface area contributed by atoms with Crippen LogP contribution in [0.5, 0.6) is 0 Å². The van der Waals surface area contributed by atoms with E-state index in [2.05, 4.69) is 6.92 Å². The average Bonchev–Trinajstić information content (AvgIpc) is 2.88. The lowest BCUT2D eigenvalue weighted by Gasteiger charge is -2.27. The standard InChI is InChI=1S/C14H23NO3/c1-10-5-7-14(8-6-10)11(9-16)15(14)12(17)18-13(2,3)4/h9-11H,5-8H2,1-4H3/t10?,11-,14?,15?/m1/s1. The van der Waals surface area contributed by atoms with Gasteiger partial charge in [0.15, 0.2) is 0 Å². The molecule has 0 aromatic heterocycles. The van der Waals surface area contributed by atoms with Crippen molar-refractivity contribution in [2.24, 2.45) is 5.92 Å².